The van der Waals surface area contributed by atoms with Crippen LogP contribution in [-0.4, -0.2) is 39.6 Å². The van der Waals surface area contributed by atoms with Gasteiger partial charge < -0.3 is 15.4 Å². The van der Waals surface area contributed by atoms with Gasteiger partial charge in [-0.15, -0.1) is 0 Å². The molecule has 0 spiro atoms. The number of nitrogens with zero attached hydrogens (tertiary/aromatic N) is 3. The number of aldehydes is 1. The van der Waals surface area contributed by atoms with Crippen LogP contribution >= 0.6 is 11.8 Å². The third kappa shape index (κ3) is 5.31. The molecule has 1 heterocycles. The molecule has 0 aromatic carbocycles. The minimum atomic E-state index is -0.114. The fourth-order valence-electron chi connectivity index (χ4n) is 1.16. The number of anilines is 2. The Bertz CT molecular complexity index is 405. The third-order valence-corrected chi connectivity index (χ3v) is 2.38. The van der Waals surface area contributed by atoms with E-state index in [0.29, 0.717) is 30.0 Å². The summed E-state index contributed by atoms with van der Waals surface area (Å²) >= 11 is 1.45. The van der Waals surface area contributed by atoms with Crippen molar-refractivity contribution in [3.8, 4) is 0 Å². The van der Waals surface area contributed by atoms with E-state index >= 15 is 0 Å². The quantitative estimate of drug-likeness (QED) is 0.463. The Morgan fingerprint density at radius 1 is 1.22 bits per heavy atom. The molecule has 2 N–H and O–H groups in total. The Labute approximate surface area is 111 Å². The van der Waals surface area contributed by atoms with E-state index in [9.17, 15) is 4.79 Å². The lowest BCUT2D eigenvalue weighted by molar-refractivity contribution is -0.107. The van der Waals surface area contributed by atoms with Crippen LogP contribution in [0.25, 0.3) is 0 Å². The molecule has 0 radical (unpaired) electrons. The lowest BCUT2D eigenvalue weighted by Crippen LogP contribution is -2.27. The SMILES string of the molecule is CSc1nc(NCCC=O)nc(NC(C)(C)C)n1. The van der Waals surface area contributed by atoms with Crippen molar-refractivity contribution >= 4 is 29.9 Å². The first-order valence-corrected chi connectivity index (χ1v) is 6.93. The molecule has 0 aliphatic heterocycles. The van der Waals surface area contributed by atoms with E-state index in [1.54, 1.807) is 0 Å². The molecule has 7 heteroatoms. The van der Waals surface area contributed by atoms with Crippen molar-refractivity contribution < 1.29 is 4.79 Å². The molecule has 0 aliphatic rings. The average Bonchev–Trinajstić information content (AvgIpc) is 2.26. The Kier molecular flexibility index (Phi) is 5.33. The fraction of sp³-hybridized carbons (Fsp3) is 0.636. The van der Waals surface area contributed by atoms with Crippen molar-refractivity contribution in [3.05, 3.63) is 0 Å². The molecule has 6 nitrogen and oxygen atoms in total. The number of rotatable bonds is 6. The zero-order chi connectivity index (χ0) is 13.6. The predicted octanol–water partition coefficient (Wildman–Crippen LogP) is 1.80. The van der Waals surface area contributed by atoms with Crippen molar-refractivity contribution in [1.29, 1.82) is 0 Å². The van der Waals surface area contributed by atoms with Crippen LogP contribution in [0.5, 0.6) is 0 Å². The minimum absolute atomic E-state index is 0.114. The number of carbonyl (C=O) groups excluding carboxylic acids is 1. The van der Waals surface area contributed by atoms with Gasteiger partial charge in [-0.05, 0) is 27.0 Å². The molecule has 0 atom stereocenters. The summed E-state index contributed by atoms with van der Waals surface area (Å²) in [5.41, 5.74) is -0.114. The maximum Gasteiger partial charge on any atom is 0.228 e. The largest absolute Gasteiger partial charge is 0.354 e. The maximum absolute atomic E-state index is 10.3. The van der Waals surface area contributed by atoms with Gasteiger partial charge in [0.15, 0.2) is 5.16 Å². The summed E-state index contributed by atoms with van der Waals surface area (Å²) in [6, 6.07) is 0. The van der Waals surface area contributed by atoms with E-state index in [0.717, 1.165) is 6.29 Å². The van der Waals surface area contributed by atoms with Gasteiger partial charge in [-0.1, -0.05) is 11.8 Å². The second-order valence-corrected chi connectivity index (χ2v) is 5.50. The molecule has 1 aromatic heterocycles. The van der Waals surface area contributed by atoms with E-state index in [1.165, 1.54) is 11.8 Å². The number of hydrogen-bond donors (Lipinski definition) is 2. The summed E-state index contributed by atoms with van der Waals surface area (Å²) in [4.78, 5) is 23.0. The molecule has 0 amide bonds. The van der Waals surface area contributed by atoms with Crippen molar-refractivity contribution in [3.63, 3.8) is 0 Å². The molecule has 1 aromatic rings. The lowest BCUT2D eigenvalue weighted by Gasteiger charge is -2.20. The summed E-state index contributed by atoms with van der Waals surface area (Å²) in [5.74, 6) is 1.03. The third-order valence-electron chi connectivity index (χ3n) is 1.83. The van der Waals surface area contributed by atoms with E-state index in [2.05, 4.69) is 25.6 Å². The Hall–Kier alpha value is -1.37. The number of nitrogens with one attached hydrogen (secondary N) is 2. The summed E-state index contributed by atoms with van der Waals surface area (Å²) < 4.78 is 0. The molecule has 18 heavy (non-hydrogen) atoms. The Morgan fingerprint density at radius 2 is 1.89 bits per heavy atom. The highest BCUT2D eigenvalue weighted by Crippen LogP contribution is 2.16. The van der Waals surface area contributed by atoms with Gasteiger partial charge in [-0.25, -0.2) is 0 Å². The van der Waals surface area contributed by atoms with Gasteiger partial charge in [0.05, 0.1) is 0 Å². The van der Waals surface area contributed by atoms with Crippen molar-refractivity contribution in [1.82, 2.24) is 15.0 Å². The summed E-state index contributed by atoms with van der Waals surface area (Å²) in [6.45, 7) is 6.63. The Balaban J connectivity index is 2.83. The maximum atomic E-state index is 10.3. The van der Waals surface area contributed by atoms with Crippen LogP contribution in [0.3, 0.4) is 0 Å². The molecule has 0 bridgehead atoms. The highest BCUT2D eigenvalue weighted by molar-refractivity contribution is 7.98. The van der Waals surface area contributed by atoms with E-state index in [-0.39, 0.29) is 5.54 Å². The molecule has 0 aliphatic carbocycles. The molecule has 0 fully saturated rings. The Morgan fingerprint density at radius 3 is 2.44 bits per heavy atom. The van der Waals surface area contributed by atoms with Crippen LogP contribution in [0.1, 0.15) is 27.2 Å². The monoisotopic (exact) mass is 269 g/mol. The van der Waals surface area contributed by atoms with Crippen LogP contribution in [0, 0.1) is 0 Å². The molecule has 1 rings (SSSR count). The summed E-state index contributed by atoms with van der Waals surface area (Å²) in [5, 5.41) is 6.85. The van der Waals surface area contributed by atoms with Crippen LogP contribution in [0.15, 0.2) is 5.16 Å². The fourth-order valence-corrected chi connectivity index (χ4v) is 1.52. The zero-order valence-electron chi connectivity index (χ0n) is 11.1. The molecular weight excluding hydrogens is 250 g/mol. The van der Waals surface area contributed by atoms with Crippen LogP contribution in [-0.2, 0) is 4.79 Å². The molecular formula is C11H19N5OS. The van der Waals surface area contributed by atoms with E-state index < -0.39 is 0 Å². The van der Waals surface area contributed by atoms with E-state index in [1.807, 2.05) is 27.0 Å². The van der Waals surface area contributed by atoms with Crippen LogP contribution in [0.2, 0.25) is 0 Å². The average molecular weight is 269 g/mol. The lowest BCUT2D eigenvalue weighted by atomic mass is 10.1. The highest BCUT2D eigenvalue weighted by Gasteiger charge is 2.13. The highest BCUT2D eigenvalue weighted by atomic mass is 32.2. The molecule has 100 valence electrons. The van der Waals surface area contributed by atoms with Crippen molar-refractivity contribution in [2.45, 2.75) is 37.9 Å². The van der Waals surface area contributed by atoms with E-state index in [4.69, 9.17) is 0 Å². The number of thioether (sulfide) groups is 1. The molecule has 0 saturated carbocycles. The first kappa shape index (κ1) is 14.7. The summed E-state index contributed by atoms with van der Waals surface area (Å²) in [7, 11) is 0. The van der Waals surface area contributed by atoms with Crippen molar-refractivity contribution in [2.75, 3.05) is 23.4 Å². The van der Waals surface area contributed by atoms with Gasteiger partial charge in [0.2, 0.25) is 11.9 Å². The van der Waals surface area contributed by atoms with Gasteiger partial charge in [0.1, 0.15) is 6.29 Å². The van der Waals surface area contributed by atoms with Gasteiger partial charge in [-0.2, -0.15) is 15.0 Å². The second kappa shape index (κ2) is 6.53. The molecule has 0 unspecified atom stereocenters. The first-order valence-electron chi connectivity index (χ1n) is 5.70. The smallest absolute Gasteiger partial charge is 0.228 e. The summed E-state index contributed by atoms with van der Waals surface area (Å²) in [6.07, 6.45) is 3.20. The number of carbonyl (C=O) groups is 1. The minimum Gasteiger partial charge on any atom is -0.354 e. The number of aromatic nitrogens is 3. The predicted molar refractivity (Wildman–Crippen MR) is 74.2 cm³/mol. The second-order valence-electron chi connectivity index (χ2n) is 4.73. The number of hydrogen-bond acceptors (Lipinski definition) is 7. The molecule has 0 saturated heterocycles. The normalized spacial score (nSPS) is 11.1. The zero-order valence-corrected chi connectivity index (χ0v) is 12.0. The van der Waals surface area contributed by atoms with Crippen molar-refractivity contribution in [2.24, 2.45) is 0 Å². The topological polar surface area (TPSA) is 79.8 Å². The standard InChI is InChI=1S/C11H19N5OS/c1-11(2,3)16-9-13-8(12-6-5-7-17)14-10(15-9)18-4/h7H,5-6H2,1-4H3,(H2,12,13,14,15,16). The van der Waals surface area contributed by atoms with Crippen LogP contribution < -0.4 is 10.6 Å². The first-order chi connectivity index (χ1) is 8.44. The van der Waals surface area contributed by atoms with Crippen LogP contribution in [0.4, 0.5) is 11.9 Å². The van der Waals surface area contributed by atoms with Gasteiger partial charge in [-0.3, -0.25) is 0 Å². The van der Waals surface area contributed by atoms with Gasteiger partial charge in [0.25, 0.3) is 0 Å². The van der Waals surface area contributed by atoms with Gasteiger partial charge in [0, 0.05) is 18.5 Å². The van der Waals surface area contributed by atoms with Gasteiger partial charge >= 0.3 is 0 Å².